The van der Waals surface area contributed by atoms with Gasteiger partial charge in [-0.15, -0.1) is 0 Å². The van der Waals surface area contributed by atoms with Gasteiger partial charge >= 0.3 is 0 Å². The van der Waals surface area contributed by atoms with E-state index in [1.165, 1.54) is 25.0 Å². The maximum Gasteiger partial charge on any atom is 0.285 e. The maximum atomic E-state index is 14.3. The molecule has 19 heavy (non-hydrogen) atoms. The topological polar surface area (TPSA) is 3.24 Å². The molecule has 0 atom stereocenters. The average molecular weight is 332 g/mol. The molecule has 4 heteroatoms. The molecule has 0 aliphatic heterocycles. The zero-order chi connectivity index (χ0) is 13.7. The van der Waals surface area contributed by atoms with E-state index in [1.807, 2.05) is 4.90 Å². The van der Waals surface area contributed by atoms with Crippen molar-refractivity contribution >= 4 is 15.9 Å². The molecule has 0 heterocycles. The molecule has 1 fully saturated rings. The Kier molecular flexibility index (Phi) is 5.34. The van der Waals surface area contributed by atoms with Crippen LogP contribution in [0, 0.1) is 0 Å². The number of hydrogen-bond acceptors (Lipinski definition) is 1. The van der Waals surface area contributed by atoms with Crippen LogP contribution in [-0.4, -0.2) is 29.4 Å². The molecule has 1 aliphatic carbocycles. The molecule has 1 aromatic carbocycles. The highest BCUT2D eigenvalue weighted by Gasteiger charge is 2.36. The van der Waals surface area contributed by atoms with E-state index in [-0.39, 0.29) is 12.1 Å². The van der Waals surface area contributed by atoms with Gasteiger partial charge in [-0.3, -0.25) is 4.90 Å². The maximum absolute atomic E-state index is 14.3. The van der Waals surface area contributed by atoms with Crippen molar-refractivity contribution in [2.24, 2.45) is 0 Å². The second kappa shape index (κ2) is 6.80. The number of hydrogen-bond donors (Lipinski definition) is 0. The molecule has 0 amide bonds. The van der Waals surface area contributed by atoms with E-state index < -0.39 is 5.92 Å². The first kappa shape index (κ1) is 14.9. The minimum absolute atomic E-state index is 0.118. The Morgan fingerprint density at radius 2 is 1.79 bits per heavy atom. The molecule has 1 saturated carbocycles. The number of nitrogens with zero attached hydrogens (tertiary/aromatic N) is 1. The van der Waals surface area contributed by atoms with Crippen molar-refractivity contribution in [3.63, 3.8) is 0 Å². The molecule has 0 spiro atoms. The number of alkyl halides is 3. The van der Waals surface area contributed by atoms with Crippen molar-refractivity contribution in [3.8, 4) is 0 Å². The predicted octanol–water partition coefficient (Wildman–Crippen LogP) is 4.42. The van der Waals surface area contributed by atoms with Crippen molar-refractivity contribution in [3.05, 3.63) is 35.9 Å². The molecule has 1 aliphatic rings. The van der Waals surface area contributed by atoms with Gasteiger partial charge in [-0.2, -0.15) is 8.78 Å². The standard InChI is InChI=1S/C15H20BrF2N/c16-10-11-19(14-8-4-5-9-14)12-15(17,18)13-6-2-1-3-7-13/h1-3,6-7,14H,4-5,8-12H2. The van der Waals surface area contributed by atoms with Gasteiger partial charge in [-0.05, 0) is 12.8 Å². The summed E-state index contributed by atoms with van der Waals surface area (Å²) in [5.41, 5.74) is 0.118. The quantitative estimate of drug-likeness (QED) is 0.697. The molecule has 1 nitrogen and oxygen atoms in total. The number of rotatable bonds is 6. The van der Waals surface area contributed by atoms with Gasteiger partial charge in [0.2, 0.25) is 0 Å². The first-order valence-electron chi connectivity index (χ1n) is 6.87. The Morgan fingerprint density at radius 1 is 1.16 bits per heavy atom. The lowest BCUT2D eigenvalue weighted by Crippen LogP contribution is -2.42. The molecule has 0 radical (unpaired) electrons. The summed E-state index contributed by atoms with van der Waals surface area (Å²) in [5.74, 6) is -2.77. The largest absolute Gasteiger partial charge is 0.293 e. The van der Waals surface area contributed by atoms with Gasteiger partial charge in [0.25, 0.3) is 5.92 Å². The molecule has 2 rings (SSSR count). The van der Waals surface area contributed by atoms with Crippen molar-refractivity contribution in [2.45, 2.75) is 37.6 Å². The Bertz CT molecular complexity index is 377. The van der Waals surface area contributed by atoms with Crippen LogP contribution >= 0.6 is 15.9 Å². The SMILES string of the molecule is FC(F)(CN(CCBr)C1CCCC1)c1ccccc1. The molecule has 0 saturated heterocycles. The highest BCUT2D eigenvalue weighted by atomic mass is 79.9. The molecular formula is C15H20BrF2N. The van der Waals surface area contributed by atoms with Crippen molar-refractivity contribution in [1.29, 1.82) is 0 Å². The second-order valence-electron chi connectivity index (χ2n) is 5.17. The molecule has 0 unspecified atom stereocenters. The van der Waals surface area contributed by atoms with Crippen molar-refractivity contribution in [1.82, 2.24) is 4.90 Å². The summed E-state index contributed by atoms with van der Waals surface area (Å²) in [4.78, 5) is 1.95. The van der Waals surface area contributed by atoms with Gasteiger partial charge in [0.15, 0.2) is 0 Å². The molecule has 1 aromatic rings. The van der Waals surface area contributed by atoms with E-state index in [2.05, 4.69) is 15.9 Å². The summed E-state index contributed by atoms with van der Waals surface area (Å²) >= 11 is 3.37. The normalized spacial score (nSPS) is 17.3. The predicted molar refractivity (Wildman–Crippen MR) is 78.0 cm³/mol. The summed E-state index contributed by atoms with van der Waals surface area (Å²) in [6, 6.07) is 8.47. The summed E-state index contributed by atoms with van der Waals surface area (Å²) in [5, 5.41) is 0.744. The first-order valence-corrected chi connectivity index (χ1v) is 7.99. The lowest BCUT2D eigenvalue weighted by molar-refractivity contribution is -0.0459. The molecule has 0 bridgehead atoms. The minimum Gasteiger partial charge on any atom is -0.293 e. The molecule has 0 aromatic heterocycles. The van der Waals surface area contributed by atoms with E-state index in [9.17, 15) is 8.78 Å². The third-order valence-electron chi connectivity index (χ3n) is 3.81. The zero-order valence-electron chi connectivity index (χ0n) is 11.0. The lowest BCUT2D eigenvalue weighted by Gasteiger charge is -2.31. The van der Waals surface area contributed by atoms with E-state index in [0.29, 0.717) is 12.6 Å². The molecular weight excluding hydrogens is 312 g/mol. The van der Waals surface area contributed by atoms with Crippen LogP contribution in [0.5, 0.6) is 0 Å². The fraction of sp³-hybridized carbons (Fsp3) is 0.600. The fourth-order valence-corrected chi connectivity index (χ4v) is 3.25. The third kappa shape index (κ3) is 3.99. The Labute approximate surface area is 122 Å². The van der Waals surface area contributed by atoms with E-state index in [0.717, 1.165) is 18.2 Å². The summed E-state index contributed by atoms with van der Waals surface area (Å²) < 4.78 is 28.7. The summed E-state index contributed by atoms with van der Waals surface area (Å²) in [7, 11) is 0. The van der Waals surface area contributed by atoms with Crippen LogP contribution in [-0.2, 0) is 5.92 Å². The van der Waals surface area contributed by atoms with Crippen LogP contribution in [0.3, 0.4) is 0 Å². The van der Waals surface area contributed by atoms with Crippen LogP contribution in [0.25, 0.3) is 0 Å². The third-order valence-corrected chi connectivity index (χ3v) is 4.17. The van der Waals surface area contributed by atoms with E-state index >= 15 is 0 Å². The zero-order valence-corrected chi connectivity index (χ0v) is 12.6. The van der Waals surface area contributed by atoms with Crippen LogP contribution in [0.15, 0.2) is 30.3 Å². The lowest BCUT2D eigenvalue weighted by atomic mass is 10.1. The van der Waals surface area contributed by atoms with E-state index in [1.54, 1.807) is 18.2 Å². The second-order valence-corrected chi connectivity index (χ2v) is 5.96. The molecule has 106 valence electrons. The monoisotopic (exact) mass is 331 g/mol. The number of halogens is 3. The first-order chi connectivity index (χ1) is 9.13. The van der Waals surface area contributed by atoms with Crippen LogP contribution in [0.4, 0.5) is 8.78 Å². The van der Waals surface area contributed by atoms with Gasteiger partial charge in [-0.25, -0.2) is 0 Å². The van der Waals surface area contributed by atoms with Crippen molar-refractivity contribution < 1.29 is 8.78 Å². The van der Waals surface area contributed by atoms with Crippen molar-refractivity contribution in [2.75, 3.05) is 18.4 Å². The van der Waals surface area contributed by atoms with Crippen LogP contribution in [0.2, 0.25) is 0 Å². The van der Waals surface area contributed by atoms with Gasteiger partial charge in [0.1, 0.15) is 0 Å². The van der Waals surface area contributed by atoms with E-state index in [4.69, 9.17) is 0 Å². The average Bonchev–Trinajstić information content (AvgIpc) is 2.93. The van der Waals surface area contributed by atoms with Crippen LogP contribution in [0.1, 0.15) is 31.2 Å². The number of benzene rings is 1. The van der Waals surface area contributed by atoms with Gasteiger partial charge in [0.05, 0.1) is 6.54 Å². The fourth-order valence-electron chi connectivity index (χ4n) is 2.80. The van der Waals surface area contributed by atoms with Crippen LogP contribution < -0.4 is 0 Å². The van der Waals surface area contributed by atoms with Gasteiger partial charge in [-0.1, -0.05) is 59.1 Å². The highest BCUT2D eigenvalue weighted by Crippen LogP contribution is 2.32. The summed E-state index contributed by atoms with van der Waals surface area (Å²) in [6.07, 6.45) is 4.44. The Balaban J connectivity index is 2.06. The van der Waals surface area contributed by atoms with Gasteiger partial charge in [0, 0.05) is 23.5 Å². The van der Waals surface area contributed by atoms with Gasteiger partial charge < -0.3 is 0 Å². The highest BCUT2D eigenvalue weighted by molar-refractivity contribution is 9.09. The Hall–Kier alpha value is -0.480. The smallest absolute Gasteiger partial charge is 0.285 e. The Morgan fingerprint density at radius 3 is 2.37 bits per heavy atom. The summed E-state index contributed by atoms with van der Waals surface area (Å²) in [6.45, 7) is 0.514. The molecule has 0 N–H and O–H groups in total. The minimum atomic E-state index is -2.77.